The quantitative estimate of drug-likeness (QED) is 0.0845. The molecule has 0 radical (unpaired) electrons. The second-order valence-corrected chi connectivity index (χ2v) is 28.0. The minimum Gasteiger partial charge on any atom is -0.402 e. The number of aryl methyl sites for hydroxylation is 6. The highest BCUT2D eigenvalue weighted by Crippen LogP contribution is 2.43. The molecule has 6 aromatic rings. The second kappa shape index (κ2) is 30.5. The highest BCUT2D eigenvalue weighted by atomic mass is 28.4. The number of pyridine rings is 2. The summed E-state index contributed by atoms with van der Waals surface area (Å²) in [6.07, 6.45) is 25.3. The van der Waals surface area contributed by atoms with Crippen molar-refractivity contribution in [2.75, 3.05) is 0 Å². The van der Waals surface area contributed by atoms with Crippen LogP contribution in [0.15, 0.2) is 110 Å². The smallest absolute Gasteiger partial charge is 0.373 e. The molecule has 4 aromatic carbocycles. The van der Waals surface area contributed by atoms with Crippen molar-refractivity contribution < 1.29 is 28.7 Å². The highest BCUT2D eigenvalue weighted by molar-refractivity contribution is 6.69. The van der Waals surface area contributed by atoms with Crippen molar-refractivity contribution in [2.24, 2.45) is 0 Å². The average Bonchev–Trinajstić information content (AvgIpc) is 2.76. The van der Waals surface area contributed by atoms with Gasteiger partial charge in [0.2, 0.25) is 0 Å². The van der Waals surface area contributed by atoms with Gasteiger partial charge in [-0.15, -0.1) is 0 Å². The van der Waals surface area contributed by atoms with Crippen molar-refractivity contribution in [2.45, 2.75) is 214 Å². The molecule has 8 rings (SSSR count). The lowest BCUT2D eigenvalue weighted by molar-refractivity contribution is -0.193. The van der Waals surface area contributed by atoms with E-state index in [4.69, 9.17) is 23.6 Å². The van der Waals surface area contributed by atoms with Gasteiger partial charge in [-0.2, -0.15) is 19.2 Å². The Bertz CT molecular complexity index is 3260. The third-order valence-corrected chi connectivity index (χ3v) is 18.3. The molecule has 0 atom stereocenters. The van der Waals surface area contributed by atoms with E-state index in [-0.39, 0.29) is 28.7 Å². The molecule has 82 heavy (non-hydrogen) atoms. The minimum absolute atomic E-state index is 0.0327. The molecular formula is C73H90N2O6Si. The van der Waals surface area contributed by atoms with Crippen LogP contribution in [0.1, 0.15) is 198 Å². The zero-order valence-electron chi connectivity index (χ0n) is 51.6. The first-order valence-corrected chi connectivity index (χ1v) is 33.4. The predicted molar refractivity (Wildman–Crippen MR) is 335 cm³/mol. The SMILES string of the molecule is CCc1cncc(-c2ccc(C(CC)(CC)c3ccc(C#CC4(O)CCCCC4)c(C)c3)cc2C)c1.CCc1cncc(-c2ccc(C(CC)(CC)c3ccc(C#CC4(O[Si](C)(C)C)CCCCC4)c(C)c3)cc2C)c1.O=C=O.O=C=O. The van der Waals surface area contributed by atoms with Crippen molar-refractivity contribution in [3.05, 3.63) is 176 Å². The summed E-state index contributed by atoms with van der Waals surface area (Å²) in [5, 5.41) is 10.8. The fourth-order valence-corrected chi connectivity index (χ4v) is 13.9. The van der Waals surface area contributed by atoms with Crippen molar-refractivity contribution in [3.8, 4) is 45.9 Å². The molecule has 2 aliphatic rings. The number of hydrogen-bond acceptors (Lipinski definition) is 8. The maximum absolute atomic E-state index is 10.8. The van der Waals surface area contributed by atoms with E-state index in [1.165, 1.54) is 104 Å². The van der Waals surface area contributed by atoms with E-state index in [2.05, 4.69) is 207 Å². The number of carbonyl (C=O) groups excluding carboxylic acids is 4. The molecule has 1 N–H and O–H groups in total. The second-order valence-electron chi connectivity index (χ2n) is 23.6. The lowest BCUT2D eigenvalue weighted by Gasteiger charge is -2.38. The Morgan fingerprint density at radius 3 is 1.18 bits per heavy atom. The zero-order chi connectivity index (χ0) is 60.1. The fourth-order valence-electron chi connectivity index (χ4n) is 12.5. The first-order chi connectivity index (χ1) is 39.2. The molecule has 0 amide bonds. The van der Waals surface area contributed by atoms with Crippen LogP contribution < -0.4 is 0 Å². The van der Waals surface area contributed by atoms with Gasteiger partial charge in [-0.3, -0.25) is 9.97 Å². The summed E-state index contributed by atoms with van der Waals surface area (Å²) in [7, 11) is -1.69. The average molecular weight is 1120 g/mol. The van der Waals surface area contributed by atoms with Crippen LogP contribution >= 0.6 is 0 Å². The maximum Gasteiger partial charge on any atom is 0.373 e. The molecule has 8 nitrogen and oxygen atoms in total. The molecule has 0 bridgehead atoms. The number of hydrogen-bond donors (Lipinski definition) is 1. The molecule has 2 heterocycles. The van der Waals surface area contributed by atoms with Gasteiger partial charge in [0.25, 0.3) is 0 Å². The fraction of sp³-hybridized carbons (Fsp3) is 0.452. The zero-order valence-corrected chi connectivity index (χ0v) is 52.6. The van der Waals surface area contributed by atoms with Gasteiger partial charge in [-0.05, 0) is 228 Å². The van der Waals surface area contributed by atoms with Crippen molar-refractivity contribution >= 4 is 20.6 Å². The molecule has 432 valence electrons. The van der Waals surface area contributed by atoms with Crippen LogP contribution in [0, 0.1) is 51.4 Å². The van der Waals surface area contributed by atoms with Crippen LogP contribution in [0.3, 0.4) is 0 Å². The predicted octanol–water partition coefficient (Wildman–Crippen LogP) is 16.9. The van der Waals surface area contributed by atoms with E-state index >= 15 is 0 Å². The highest BCUT2D eigenvalue weighted by Gasteiger charge is 2.37. The number of rotatable bonds is 14. The number of benzene rings is 4. The Kier molecular flexibility index (Phi) is 24.5. The van der Waals surface area contributed by atoms with Crippen LogP contribution in [0.2, 0.25) is 19.6 Å². The summed E-state index contributed by atoms with van der Waals surface area (Å²) in [5.41, 5.74) is 18.9. The van der Waals surface area contributed by atoms with Gasteiger partial charge in [0.1, 0.15) is 11.2 Å². The van der Waals surface area contributed by atoms with Crippen molar-refractivity contribution in [1.82, 2.24) is 9.97 Å². The van der Waals surface area contributed by atoms with E-state index in [0.29, 0.717) is 0 Å². The van der Waals surface area contributed by atoms with Gasteiger partial charge >= 0.3 is 12.3 Å². The van der Waals surface area contributed by atoms with E-state index < -0.39 is 13.9 Å². The number of aromatic nitrogens is 2. The van der Waals surface area contributed by atoms with Gasteiger partial charge in [0, 0.05) is 57.9 Å². The molecule has 0 saturated heterocycles. The van der Waals surface area contributed by atoms with Crippen LogP contribution in [0.5, 0.6) is 0 Å². The van der Waals surface area contributed by atoms with Crippen molar-refractivity contribution in [3.63, 3.8) is 0 Å². The summed E-state index contributed by atoms with van der Waals surface area (Å²) >= 11 is 0. The monoisotopic (exact) mass is 1120 g/mol. The standard InChI is InChI=1S/C37H49NOSi.C34H41NO.2CO2/c1-9-30-25-32(27-38-26-30)35-18-17-34(24-29(35)5)37(10-2,11-3)33-16-15-31(28(4)23-33)19-22-36(39-40(6,7)8)20-13-12-14-21-36;1-6-27-22-29(24-35-23-27)32-15-14-31(21-26(32)5)34(7-2,8-3)30-13-12-28(25(4)20-30)16-19-33(36)17-10-9-11-18-33;2*2-1-3/h15-18,23-27H,9-14,20-21H2,1-8H3;12-15,20-24,36H,6-11,17-18H2,1-5H3;;. The Labute approximate surface area is 492 Å². The summed E-state index contributed by atoms with van der Waals surface area (Å²) < 4.78 is 6.73. The first kappa shape index (κ1) is 66.0. The molecule has 0 aliphatic heterocycles. The molecule has 2 aliphatic carbocycles. The van der Waals surface area contributed by atoms with Crippen LogP contribution in [0.25, 0.3) is 22.3 Å². The minimum atomic E-state index is -1.69. The summed E-state index contributed by atoms with van der Waals surface area (Å²) in [5.74, 6) is 13.8. The lowest BCUT2D eigenvalue weighted by Crippen LogP contribution is -2.43. The Hall–Kier alpha value is -6.80. The van der Waals surface area contributed by atoms with Crippen molar-refractivity contribution in [1.29, 1.82) is 0 Å². The Morgan fingerprint density at radius 1 is 0.488 bits per heavy atom. The number of nitrogens with zero attached hydrogens (tertiary/aromatic N) is 2. The first-order valence-electron chi connectivity index (χ1n) is 30.0. The third-order valence-electron chi connectivity index (χ3n) is 17.3. The summed E-state index contributed by atoms with van der Waals surface area (Å²) in [6, 6.07) is 32.3. The van der Waals surface area contributed by atoms with Crippen LogP contribution in [0.4, 0.5) is 0 Å². The summed E-state index contributed by atoms with van der Waals surface area (Å²) in [6.45, 7) is 29.3. The van der Waals surface area contributed by atoms with Gasteiger partial charge < -0.3 is 9.53 Å². The van der Waals surface area contributed by atoms with Gasteiger partial charge in [-0.25, -0.2) is 0 Å². The van der Waals surface area contributed by atoms with Crippen LogP contribution in [-0.2, 0) is 47.3 Å². The Morgan fingerprint density at radius 2 is 0.841 bits per heavy atom. The van der Waals surface area contributed by atoms with Gasteiger partial charge in [0.15, 0.2) is 8.32 Å². The van der Waals surface area contributed by atoms with Crippen LogP contribution in [-0.4, -0.2) is 46.9 Å². The molecule has 0 unspecified atom stereocenters. The lowest BCUT2D eigenvalue weighted by atomic mass is 9.69. The molecule has 9 heteroatoms. The van der Waals surface area contributed by atoms with E-state index in [1.807, 2.05) is 24.8 Å². The summed E-state index contributed by atoms with van der Waals surface area (Å²) in [4.78, 5) is 41.5. The third kappa shape index (κ3) is 16.7. The maximum atomic E-state index is 10.8. The molecule has 2 aromatic heterocycles. The topological polar surface area (TPSA) is 124 Å². The molecule has 2 fully saturated rings. The van der Waals surface area contributed by atoms with Gasteiger partial charge in [-0.1, -0.05) is 139 Å². The van der Waals surface area contributed by atoms with E-state index in [0.717, 1.165) is 88.2 Å². The molecule has 0 spiro atoms. The van der Waals surface area contributed by atoms with E-state index in [1.54, 1.807) is 0 Å². The number of aliphatic hydroxyl groups is 1. The largest absolute Gasteiger partial charge is 0.402 e. The molecule has 2 saturated carbocycles. The van der Waals surface area contributed by atoms with Gasteiger partial charge in [0.05, 0.1) is 0 Å². The normalized spacial score (nSPS) is 14.4. The van der Waals surface area contributed by atoms with E-state index in [9.17, 15) is 5.11 Å². The molecular weight excluding hydrogens is 1030 g/mol. The Balaban J connectivity index is 0.000000276.